The van der Waals surface area contributed by atoms with E-state index >= 15 is 0 Å². The third-order valence-electron chi connectivity index (χ3n) is 4.35. The Kier molecular flexibility index (Phi) is 3.63. The van der Waals surface area contributed by atoms with Gasteiger partial charge in [-0.2, -0.15) is 9.50 Å². The van der Waals surface area contributed by atoms with Crippen LogP contribution in [0.3, 0.4) is 0 Å². The number of aromatic nitrogens is 5. The normalized spacial score (nSPS) is 18.0. The molecule has 0 amide bonds. The van der Waals surface area contributed by atoms with E-state index in [0.29, 0.717) is 5.78 Å². The minimum absolute atomic E-state index is 0.566. The Morgan fingerprint density at radius 3 is 3.09 bits per heavy atom. The summed E-state index contributed by atoms with van der Waals surface area (Å²) >= 11 is 1.81. The SMILES string of the molecule is C[NH+](C)CCNc1nc2nnnn2c2sc3c(c12)CC[NH+](C)C3. The number of anilines is 1. The van der Waals surface area contributed by atoms with Gasteiger partial charge in [0.1, 0.15) is 17.2 Å². The fraction of sp³-hybridized carbons (Fsp3) is 0.571. The minimum atomic E-state index is 0.566. The summed E-state index contributed by atoms with van der Waals surface area (Å²) in [6.07, 6.45) is 1.09. The predicted molar refractivity (Wildman–Crippen MR) is 89.3 cm³/mol. The molecular weight excluding hydrogens is 312 g/mol. The molecule has 1 atom stereocenters. The molecule has 0 saturated carbocycles. The summed E-state index contributed by atoms with van der Waals surface area (Å²) in [5.74, 6) is 1.50. The summed E-state index contributed by atoms with van der Waals surface area (Å²) in [7, 11) is 6.56. The zero-order valence-electron chi connectivity index (χ0n) is 13.7. The first-order valence-electron chi connectivity index (χ1n) is 8.00. The van der Waals surface area contributed by atoms with Crippen molar-refractivity contribution in [3.63, 3.8) is 0 Å². The first-order chi connectivity index (χ1) is 11.1. The molecule has 0 saturated heterocycles. The van der Waals surface area contributed by atoms with Crippen LogP contribution in [0.5, 0.6) is 0 Å². The minimum Gasteiger partial charge on any atom is -0.364 e. The lowest BCUT2D eigenvalue weighted by Crippen LogP contribution is -3.08. The Hall–Kier alpha value is -1.84. The van der Waals surface area contributed by atoms with Crippen molar-refractivity contribution in [1.82, 2.24) is 25.0 Å². The Morgan fingerprint density at radius 1 is 1.39 bits per heavy atom. The summed E-state index contributed by atoms with van der Waals surface area (Å²) in [6, 6.07) is 0. The molecule has 0 spiro atoms. The molecule has 1 aliphatic rings. The standard InChI is InChI=1S/C14H20N8S/c1-20(2)7-5-15-12-11-9-4-6-21(3)8-10(9)23-13(11)22-14(16-12)17-18-19-22/h4-8H2,1-3H3,(H,15,16,17,19)/p+2. The monoisotopic (exact) mass is 334 g/mol. The number of tetrazole rings is 1. The van der Waals surface area contributed by atoms with E-state index in [0.717, 1.165) is 43.2 Å². The number of rotatable bonds is 4. The van der Waals surface area contributed by atoms with Gasteiger partial charge in [0.25, 0.3) is 5.78 Å². The molecule has 1 aliphatic heterocycles. The molecule has 3 aromatic heterocycles. The fourth-order valence-electron chi connectivity index (χ4n) is 3.10. The van der Waals surface area contributed by atoms with E-state index in [1.54, 1.807) is 20.8 Å². The molecule has 0 aromatic carbocycles. The van der Waals surface area contributed by atoms with Crippen LogP contribution in [0.15, 0.2) is 0 Å². The van der Waals surface area contributed by atoms with Crippen molar-refractivity contribution in [1.29, 1.82) is 0 Å². The zero-order valence-corrected chi connectivity index (χ0v) is 14.5. The van der Waals surface area contributed by atoms with Gasteiger partial charge in [-0.15, -0.1) is 11.3 Å². The molecule has 8 nitrogen and oxygen atoms in total. The zero-order chi connectivity index (χ0) is 16.0. The van der Waals surface area contributed by atoms with Crippen LogP contribution in [-0.2, 0) is 13.0 Å². The fourth-order valence-corrected chi connectivity index (χ4v) is 4.50. The Balaban J connectivity index is 1.85. The van der Waals surface area contributed by atoms with Gasteiger partial charge in [0.2, 0.25) is 0 Å². The van der Waals surface area contributed by atoms with Crippen LogP contribution in [0.4, 0.5) is 5.82 Å². The lowest BCUT2D eigenvalue weighted by molar-refractivity contribution is -0.895. The lowest BCUT2D eigenvalue weighted by atomic mass is 10.1. The van der Waals surface area contributed by atoms with Crippen LogP contribution in [0.25, 0.3) is 16.0 Å². The van der Waals surface area contributed by atoms with Crippen LogP contribution in [0.2, 0.25) is 0 Å². The second-order valence-corrected chi connectivity index (χ2v) is 7.64. The van der Waals surface area contributed by atoms with Crippen molar-refractivity contribution in [2.24, 2.45) is 0 Å². The van der Waals surface area contributed by atoms with Gasteiger partial charge in [-0.05, 0) is 16.0 Å². The highest BCUT2D eigenvalue weighted by molar-refractivity contribution is 7.19. The van der Waals surface area contributed by atoms with E-state index in [4.69, 9.17) is 0 Å². The average molecular weight is 334 g/mol. The largest absolute Gasteiger partial charge is 0.364 e. The molecule has 3 N–H and O–H groups in total. The van der Waals surface area contributed by atoms with Crippen LogP contribution < -0.4 is 15.1 Å². The quantitative estimate of drug-likeness (QED) is 0.508. The van der Waals surface area contributed by atoms with Gasteiger partial charge in [-0.1, -0.05) is 5.10 Å². The Bertz CT molecular complexity index is 851. The number of nitrogens with one attached hydrogen (secondary N) is 3. The molecular formula is C14H22N8S+2. The molecule has 3 aromatic rings. The summed E-state index contributed by atoms with van der Waals surface area (Å²) in [5.41, 5.74) is 1.43. The van der Waals surface area contributed by atoms with Crippen molar-refractivity contribution in [2.45, 2.75) is 13.0 Å². The number of thiophene rings is 1. The molecule has 0 fully saturated rings. The number of fused-ring (bicyclic) bond motifs is 5. The summed E-state index contributed by atoms with van der Waals surface area (Å²) in [4.78, 5) is 10.2. The number of likely N-dealkylation sites (N-methyl/N-ethyl adjacent to an activating group) is 2. The second-order valence-electron chi connectivity index (χ2n) is 6.55. The average Bonchev–Trinajstić information content (AvgIpc) is 3.09. The van der Waals surface area contributed by atoms with Crippen molar-refractivity contribution >= 4 is 33.1 Å². The van der Waals surface area contributed by atoms with E-state index < -0.39 is 0 Å². The topological polar surface area (TPSA) is 76.9 Å². The van der Waals surface area contributed by atoms with E-state index in [1.165, 1.54) is 20.7 Å². The predicted octanol–water partition coefficient (Wildman–Crippen LogP) is -2.14. The first kappa shape index (κ1) is 14.7. The van der Waals surface area contributed by atoms with Gasteiger partial charge >= 0.3 is 0 Å². The van der Waals surface area contributed by atoms with Crippen molar-refractivity contribution in [2.75, 3.05) is 46.1 Å². The number of quaternary nitrogens is 2. The highest BCUT2D eigenvalue weighted by Crippen LogP contribution is 2.36. The van der Waals surface area contributed by atoms with Crippen LogP contribution in [0.1, 0.15) is 10.4 Å². The van der Waals surface area contributed by atoms with Crippen molar-refractivity contribution in [3.8, 4) is 0 Å². The van der Waals surface area contributed by atoms with Gasteiger partial charge in [0, 0.05) is 6.42 Å². The molecule has 0 radical (unpaired) electrons. The Labute approximate surface area is 138 Å². The van der Waals surface area contributed by atoms with Crippen LogP contribution >= 0.6 is 11.3 Å². The first-order valence-corrected chi connectivity index (χ1v) is 8.81. The highest BCUT2D eigenvalue weighted by Gasteiger charge is 2.26. The molecule has 0 bridgehead atoms. The van der Waals surface area contributed by atoms with E-state index in [1.807, 2.05) is 0 Å². The summed E-state index contributed by atoms with van der Waals surface area (Å²) in [5, 5.41) is 16.7. The van der Waals surface area contributed by atoms with Crippen LogP contribution in [0, 0.1) is 0 Å². The maximum atomic E-state index is 4.67. The maximum Gasteiger partial charge on any atom is 0.276 e. The number of hydrogen-bond acceptors (Lipinski definition) is 6. The summed E-state index contributed by atoms with van der Waals surface area (Å²) in [6.45, 7) is 4.16. The molecule has 4 heterocycles. The lowest BCUT2D eigenvalue weighted by Gasteiger charge is -2.19. The van der Waals surface area contributed by atoms with Crippen molar-refractivity contribution < 1.29 is 9.80 Å². The van der Waals surface area contributed by atoms with E-state index in [-0.39, 0.29) is 0 Å². The van der Waals surface area contributed by atoms with E-state index in [9.17, 15) is 0 Å². The third-order valence-corrected chi connectivity index (χ3v) is 5.56. The molecule has 9 heteroatoms. The van der Waals surface area contributed by atoms with Gasteiger partial charge < -0.3 is 15.1 Å². The molecule has 122 valence electrons. The molecule has 4 rings (SSSR count). The molecule has 1 unspecified atom stereocenters. The maximum absolute atomic E-state index is 4.67. The second kappa shape index (κ2) is 5.66. The van der Waals surface area contributed by atoms with Gasteiger partial charge in [0.15, 0.2) is 0 Å². The van der Waals surface area contributed by atoms with Gasteiger partial charge in [-0.3, -0.25) is 0 Å². The highest BCUT2D eigenvalue weighted by atomic mass is 32.1. The number of hydrogen-bond donors (Lipinski definition) is 3. The smallest absolute Gasteiger partial charge is 0.276 e. The Morgan fingerprint density at radius 2 is 2.26 bits per heavy atom. The summed E-state index contributed by atoms with van der Waals surface area (Å²) < 4.78 is 1.77. The van der Waals surface area contributed by atoms with Gasteiger partial charge in [-0.25, -0.2) is 0 Å². The molecule has 0 aliphatic carbocycles. The number of nitrogens with zero attached hydrogens (tertiary/aromatic N) is 5. The van der Waals surface area contributed by atoms with Gasteiger partial charge in [0.05, 0.1) is 51.0 Å². The van der Waals surface area contributed by atoms with Crippen molar-refractivity contribution in [3.05, 3.63) is 10.4 Å². The van der Waals surface area contributed by atoms with Crippen LogP contribution in [-0.4, -0.2) is 65.8 Å². The molecule has 23 heavy (non-hydrogen) atoms. The third kappa shape index (κ3) is 2.54. The van der Waals surface area contributed by atoms with E-state index in [2.05, 4.69) is 47.0 Å².